The molecule has 4 aromatic rings. The minimum absolute atomic E-state index is 0.159. The maximum atomic E-state index is 12.9. The summed E-state index contributed by atoms with van der Waals surface area (Å²) < 4.78 is 9.23. The van der Waals surface area contributed by atoms with Gasteiger partial charge in [0, 0.05) is 11.9 Å². The van der Waals surface area contributed by atoms with Gasteiger partial charge in [-0.3, -0.25) is 9.48 Å². The van der Waals surface area contributed by atoms with Crippen LogP contribution in [0.15, 0.2) is 97.0 Å². The van der Waals surface area contributed by atoms with Crippen molar-refractivity contribution in [1.29, 1.82) is 0 Å². The molecule has 0 aliphatic rings. The summed E-state index contributed by atoms with van der Waals surface area (Å²) in [4.78, 5) is 18.4. The van der Waals surface area contributed by atoms with Gasteiger partial charge in [0.2, 0.25) is 0 Å². The van der Waals surface area contributed by atoms with E-state index in [-0.39, 0.29) is 5.56 Å². The Hall–Kier alpha value is -3.25. The first-order chi connectivity index (χ1) is 13.6. The molecule has 0 aliphatic carbocycles. The van der Waals surface area contributed by atoms with Crippen molar-refractivity contribution in [3.8, 4) is 5.69 Å². The van der Waals surface area contributed by atoms with E-state index in [1.807, 2.05) is 91.4 Å². The second-order valence-electron chi connectivity index (χ2n) is 6.24. The smallest absolute Gasteiger partial charge is 0.297 e. The number of rotatable bonds is 5. The number of para-hydroxylation sites is 1. The van der Waals surface area contributed by atoms with Crippen LogP contribution >= 0.6 is 11.8 Å². The van der Waals surface area contributed by atoms with Gasteiger partial charge in [-0.1, -0.05) is 48.2 Å². The zero-order chi connectivity index (χ0) is 19.5. The lowest BCUT2D eigenvalue weighted by Gasteiger charge is -2.07. The van der Waals surface area contributed by atoms with Gasteiger partial charge >= 0.3 is 0 Å². The van der Waals surface area contributed by atoms with Gasteiger partial charge in [-0.2, -0.15) is 0 Å². The predicted octanol–water partition coefficient (Wildman–Crippen LogP) is 4.98. The van der Waals surface area contributed by atoms with Gasteiger partial charge in [0.1, 0.15) is 5.76 Å². The van der Waals surface area contributed by atoms with E-state index in [1.165, 1.54) is 0 Å². The van der Waals surface area contributed by atoms with E-state index >= 15 is 0 Å². The molecular weight excluding hydrogens is 370 g/mol. The van der Waals surface area contributed by atoms with Gasteiger partial charge < -0.3 is 4.42 Å². The van der Waals surface area contributed by atoms with Gasteiger partial charge in [0.15, 0.2) is 10.8 Å². The summed E-state index contributed by atoms with van der Waals surface area (Å²) in [7, 11) is 1.85. The monoisotopic (exact) mass is 389 g/mol. The highest BCUT2D eigenvalue weighted by Crippen LogP contribution is 2.28. The predicted molar refractivity (Wildman–Crippen MR) is 112 cm³/mol. The van der Waals surface area contributed by atoms with E-state index in [1.54, 1.807) is 22.7 Å². The second-order valence-corrected chi connectivity index (χ2v) is 7.32. The van der Waals surface area contributed by atoms with Crippen LogP contribution in [0.3, 0.4) is 0 Å². The number of furan rings is 1. The lowest BCUT2D eigenvalue weighted by atomic mass is 10.3. The molecule has 2 heterocycles. The third-order valence-corrected chi connectivity index (χ3v) is 5.34. The minimum atomic E-state index is -0.159. The lowest BCUT2D eigenvalue weighted by Crippen LogP contribution is -2.19. The summed E-state index contributed by atoms with van der Waals surface area (Å²) in [6.45, 7) is 1.88. The molecule has 0 bridgehead atoms. The molecule has 0 N–H and O–H groups in total. The number of hydrogen-bond acceptors (Lipinski definition) is 4. The molecule has 0 atom stereocenters. The Balaban J connectivity index is 1.60. The highest BCUT2D eigenvalue weighted by Gasteiger charge is 2.15. The Bertz CT molecular complexity index is 1170. The van der Waals surface area contributed by atoms with E-state index in [0.29, 0.717) is 11.4 Å². The van der Waals surface area contributed by atoms with Crippen molar-refractivity contribution in [3.63, 3.8) is 0 Å². The average Bonchev–Trinajstić information content (AvgIpc) is 3.24. The summed E-state index contributed by atoms with van der Waals surface area (Å²) in [5, 5.41) is 0.777. The molecule has 2 aromatic carbocycles. The average molecular weight is 389 g/mol. The first-order valence-corrected chi connectivity index (χ1v) is 9.66. The fraction of sp³-hybridized carbons (Fsp3) is 0.0909. The Morgan fingerprint density at radius 2 is 1.64 bits per heavy atom. The van der Waals surface area contributed by atoms with Gasteiger partial charge in [0.25, 0.3) is 5.56 Å². The largest absolute Gasteiger partial charge is 0.449 e. The lowest BCUT2D eigenvalue weighted by molar-refractivity contribution is 0.469. The maximum absolute atomic E-state index is 12.9. The third kappa shape index (κ3) is 3.59. The maximum Gasteiger partial charge on any atom is 0.297 e. The zero-order valence-electron chi connectivity index (χ0n) is 15.6. The number of nitrogens with zero attached hydrogens (tertiary/aromatic N) is 3. The fourth-order valence-corrected chi connectivity index (χ4v) is 3.69. The first kappa shape index (κ1) is 18.1. The van der Waals surface area contributed by atoms with E-state index < -0.39 is 0 Å². The van der Waals surface area contributed by atoms with Crippen LogP contribution < -0.4 is 5.56 Å². The number of hydrogen-bond donors (Lipinski definition) is 0. The summed E-state index contributed by atoms with van der Waals surface area (Å²) >= 11 is 1.54. The van der Waals surface area contributed by atoms with Crippen molar-refractivity contribution < 1.29 is 4.42 Å². The van der Waals surface area contributed by atoms with Gasteiger partial charge in [-0.25, -0.2) is 9.67 Å². The molecule has 4 rings (SSSR count). The summed E-state index contributed by atoms with van der Waals surface area (Å²) in [6.07, 6.45) is 1.59. The zero-order valence-corrected chi connectivity index (χ0v) is 16.4. The number of aliphatic imine (C=N–C) groups is 1. The van der Waals surface area contributed by atoms with Crippen LogP contribution in [0.4, 0.5) is 5.69 Å². The molecule has 0 amide bonds. The SMILES string of the molecule is Cc1c(N=Cc2ccc(Sc3ccccc3)o2)c(=O)n(-c2ccccc2)n1C. The molecular formula is C22H19N3O2S. The summed E-state index contributed by atoms with van der Waals surface area (Å²) in [6, 6.07) is 23.3. The van der Waals surface area contributed by atoms with Crippen LogP contribution in [0.1, 0.15) is 11.5 Å². The Morgan fingerprint density at radius 3 is 2.36 bits per heavy atom. The van der Waals surface area contributed by atoms with Crippen LogP contribution in [0.25, 0.3) is 5.69 Å². The molecule has 0 saturated heterocycles. The van der Waals surface area contributed by atoms with Crippen molar-refractivity contribution in [3.05, 3.63) is 94.6 Å². The highest BCUT2D eigenvalue weighted by atomic mass is 32.2. The molecule has 5 nitrogen and oxygen atoms in total. The Kier molecular flexibility index (Phi) is 5.04. The van der Waals surface area contributed by atoms with Crippen LogP contribution in [0.2, 0.25) is 0 Å². The van der Waals surface area contributed by atoms with Crippen LogP contribution in [-0.2, 0) is 7.05 Å². The van der Waals surface area contributed by atoms with Crippen LogP contribution in [0, 0.1) is 6.92 Å². The van der Waals surface area contributed by atoms with Crippen molar-refractivity contribution in [2.24, 2.45) is 12.0 Å². The summed E-state index contributed by atoms with van der Waals surface area (Å²) in [5.74, 6) is 0.604. The second kappa shape index (κ2) is 7.78. The van der Waals surface area contributed by atoms with Crippen LogP contribution in [-0.4, -0.2) is 15.6 Å². The van der Waals surface area contributed by atoms with Gasteiger partial charge in [0.05, 0.1) is 17.6 Å². The van der Waals surface area contributed by atoms with Crippen LogP contribution in [0.5, 0.6) is 0 Å². The first-order valence-electron chi connectivity index (χ1n) is 8.84. The fourth-order valence-electron chi connectivity index (χ4n) is 2.89. The highest BCUT2D eigenvalue weighted by molar-refractivity contribution is 7.99. The molecule has 0 unspecified atom stereocenters. The molecule has 0 spiro atoms. The van der Waals surface area contributed by atoms with Crippen molar-refractivity contribution >= 4 is 23.7 Å². The molecule has 6 heteroatoms. The number of benzene rings is 2. The normalized spacial score (nSPS) is 11.4. The van der Waals surface area contributed by atoms with E-state index in [4.69, 9.17) is 4.42 Å². The quantitative estimate of drug-likeness (QED) is 0.452. The van der Waals surface area contributed by atoms with E-state index in [9.17, 15) is 4.79 Å². The molecule has 2 aromatic heterocycles. The topological polar surface area (TPSA) is 52.4 Å². The van der Waals surface area contributed by atoms with Gasteiger partial charge in [-0.15, -0.1) is 0 Å². The Morgan fingerprint density at radius 1 is 0.964 bits per heavy atom. The third-order valence-electron chi connectivity index (χ3n) is 4.41. The standard InChI is InChI=1S/C22H19N3O2S/c1-16-21(22(26)25(24(16)2)17-9-5-3-6-10-17)23-15-18-13-14-20(27-18)28-19-11-7-4-8-12-19/h3-15H,1-2H3. The van der Waals surface area contributed by atoms with E-state index in [0.717, 1.165) is 21.4 Å². The molecule has 28 heavy (non-hydrogen) atoms. The number of aromatic nitrogens is 2. The molecule has 0 fully saturated rings. The molecule has 140 valence electrons. The van der Waals surface area contributed by atoms with Crippen molar-refractivity contribution in [2.45, 2.75) is 16.9 Å². The van der Waals surface area contributed by atoms with Crippen molar-refractivity contribution in [2.75, 3.05) is 0 Å². The minimum Gasteiger partial charge on any atom is -0.449 e. The molecule has 0 saturated carbocycles. The van der Waals surface area contributed by atoms with E-state index in [2.05, 4.69) is 4.99 Å². The molecule has 0 radical (unpaired) electrons. The summed E-state index contributed by atoms with van der Waals surface area (Å²) in [5.41, 5.74) is 1.84. The Labute approximate surface area is 166 Å². The van der Waals surface area contributed by atoms with Gasteiger partial charge in [-0.05, 0) is 43.3 Å². The van der Waals surface area contributed by atoms with Crippen molar-refractivity contribution in [1.82, 2.24) is 9.36 Å². The molecule has 0 aliphatic heterocycles.